The van der Waals surface area contributed by atoms with Gasteiger partial charge in [-0.1, -0.05) is 6.07 Å². The van der Waals surface area contributed by atoms with E-state index in [9.17, 15) is 8.78 Å². The fourth-order valence-electron chi connectivity index (χ4n) is 7.40. The van der Waals surface area contributed by atoms with Gasteiger partial charge in [0.05, 0.1) is 5.69 Å². The van der Waals surface area contributed by atoms with Crippen molar-refractivity contribution in [1.29, 1.82) is 0 Å². The third-order valence-corrected chi connectivity index (χ3v) is 8.24. The largest absolute Gasteiger partial charge is 0.369 e. The average Bonchev–Trinajstić information content (AvgIpc) is 2.72. The van der Waals surface area contributed by atoms with Crippen LogP contribution in [0.15, 0.2) is 24.5 Å². The summed E-state index contributed by atoms with van der Waals surface area (Å²) >= 11 is 0. The van der Waals surface area contributed by atoms with Crippen molar-refractivity contribution in [3.63, 3.8) is 0 Å². The number of anilines is 1. The first kappa shape index (κ1) is 20.5. The second-order valence-electron chi connectivity index (χ2n) is 10.8. The molecule has 4 nitrogen and oxygen atoms in total. The van der Waals surface area contributed by atoms with Gasteiger partial charge in [-0.15, -0.1) is 0 Å². The molecule has 1 N–H and O–H groups in total. The van der Waals surface area contributed by atoms with Crippen molar-refractivity contribution in [2.45, 2.75) is 63.7 Å². The van der Waals surface area contributed by atoms with Crippen molar-refractivity contribution in [2.75, 3.05) is 18.4 Å². The predicted octanol–water partition coefficient (Wildman–Crippen LogP) is 5.03. The van der Waals surface area contributed by atoms with Crippen molar-refractivity contribution >= 4 is 5.82 Å². The van der Waals surface area contributed by atoms with E-state index in [-0.39, 0.29) is 5.41 Å². The number of hydrogen-bond acceptors (Lipinski definition) is 4. The minimum absolute atomic E-state index is 0.0531. The Kier molecular flexibility index (Phi) is 4.75. The summed E-state index contributed by atoms with van der Waals surface area (Å²) in [7, 11) is 0. The van der Waals surface area contributed by atoms with Crippen LogP contribution in [0, 0.1) is 28.9 Å². The lowest BCUT2D eigenvalue weighted by atomic mass is 9.48. The van der Waals surface area contributed by atoms with E-state index in [2.05, 4.69) is 20.2 Å². The molecule has 32 heavy (non-hydrogen) atoms. The summed E-state index contributed by atoms with van der Waals surface area (Å²) in [5, 5.41) is 3.59. The first-order valence-corrected chi connectivity index (χ1v) is 11.8. The maximum Gasteiger partial charge on any atom is 0.132 e. The van der Waals surface area contributed by atoms with E-state index >= 15 is 4.39 Å². The third-order valence-electron chi connectivity index (χ3n) is 8.24. The van der Waals surface area contributed by atoms with E-state index in [0.29, 0.717) is 36.9 Å². The summed E-state index contributed by atoms with van der Waals surface area (Å²) in [5.41, 5.74) is 1.65. The van der Waals surface area contributed by atoms with Gasteiger partial charge in [-0.2, -0.15) is 0 Å². The minimum atomic E-state index is -0.951. The number of benzene rings is 1. The average molecular weight is 443 g/mol. The number of nitrogens with one attached hydrogen (secondary N) is 1. The molecule has 0 amide bonds. The second-order valence-corrected chi connectivity index (χ2v) is 10.8. The fourth-order valence-corrected chi connectivity index (χ4v) is 7.40. The molecule has 0 spiro atoms. The lowest BCUT2D eigenvalue weighted by molar-refractivity contribution is -0.117. The Bertz CT molecular complexity index is 1030. The highest BCUT2D eigenvalue weighted by Gasteiger charge is 2.58. The van der Waals surface area contributed by atoms with Gasteiger partial charge in [0.1, 0.15) is 29.4 Å². The molecular weight excluding hydrogens is 413 g/mol. The van der Waals surface area contributed by atoms with Gasteiger partial charge in [0.15, 0.2) is 0 Å². The Morgan fingerprint density at radius 2 is 1.91 bits per heavy atom. The predicted molar refractivity (Wildman–Crippen MR) is 116 cm³/mol. The van der Waals surface area contributed by atoms with Crippen LogP contribution in [0.5, 0.6) is 0 Å². The van der Waals surface area contributed by atoms with Gasteiger partial charge in [0.2, 0.25) is 0 Å². The molecule has 7 heteroatoms. The van der Waals surface area contributed by atoms with Crippen LogP contribution in [0.3, 0.4) is 0 Å². The maximum absolute atomic E-state index is 15.3. The van der Waals surface area contributed by atoms with E-state index < -0.39 is 17.3 Å². The zero-order valence-corrected chi connectivity index (χ0v) is 18.2. The molecule has 5 aliphatic rings. The number of rotatable bonds is 5. The Balaban J connectivity index is 1.15. The van der Waals surface area contributed by atoms with Gasteiger partial charge in [-0.05, 0) is 68.3 Å². The zero-order valence-electron chi connectivity index (χ0n) is 18.2. The summed E-state index contributed by atoms with van der Waals surface area (Å²) in [6, 6.07) is 3.74. The lowest BCUT2D eigenvalue weighted by Gasteiger charge is -2.59. The molecule has 2 heterocycles. The van der Waals surface area contributed by atoms with Crippen molar-refractivity contribution < 1.29 is 13.2 Å². The Morgan fingerprint density at radius 3 is 2.66 bits per heavy atom. The van der Waals surface area contributed by atoms with E-state index in [1.807, 2.05) is 0 Å². The van der Waals surface area contributed by atoms with Gasteiger partial charge in [0.25, 0.3) is 0 Å². The molecule has 0 radical (unpaired) electrons. The van der Waals surface area contributed by atoms with E-state index in [1.165, 1.54) is 18.6 Å². The first-order valence-electron chi connectivity index (χ1n) is 11.8. The van der Waals surface area contributed by atoms with Crippen molar-refractivity contribution in [3.8, 4) is 0 Å². The highest BCUT2D eigenvalue weighted by molar-refractivity contribution is 5.47. The standard InChI is InChI=1S/C25H29F3N4/c26-19-2-1-18(21(27)6-19)11-32-4-3-20-22(12-32)30-15-31-23(20)29-14-24-7-16-5-17(8-24)10-25(28,9-16)13-24/h1-2,6,15-17H,3-5,7-14H2,(H,29,30,31). The van der Waals surface area contributed by atoms with E-state index in [0.717, 1.165) is 68.3 Å². The highest BCUT2D eigenvalue weighted by Crippen LogP contribution is 2.62. The smallest absolute Gasteiger partial charge is 0.132 e. The lowest BCUT2D eigenvalue weighted by Crippen LogP contribution is -2.55. The number of fused-ring (bicyclic) bond motifs is 1. The Morgan fingerprint density at radius 1 is 1.09 bits per heavy atom. The number of hydrogen-bond donors (Lipinski definition) is 1. The van der Waals surface area contributed by atoms with E-state index in [1.54, 1.807) is 6.33 Å². The molecule has 170 valence electrons. The van der Waals surface area contributed by atoms with Crippen LogP contribution < -0.4 is 5.32 Å². The van der Waals surface area contributed by atoms with Crippen LogP contribution >= 0.6 is 0 Å². The molecular formula is C25H29F3N4. The van der Waals surface area contributed by atoms with Gasteiger partial charge < -0.3 is 5.32 Å². The quantitative estimate of drug-likeness (QED) is 0.705. The van der Waals surface area contributed by atoms with Gasteiger partial charge in [-0.25, -0.2) is 23.1 Å². The summed E-state index contributed by atoms with van der Waals surface area (Å²) in [6.07, 6.45) is 8.04. The molecule has 4 bridgehead atoms. The van der Waals surface area contributed by atoms with E-state index in [4.69, 9.17) is 0 Å². The maximum atomic E-state index is 15.3. The van der Waals surface area contributed by atoms with Gasteiger partial charge in [0, 0.05) is 43.4 Å². The molecule has 1 aromatic carbocycles. The number of halogens is 3. The van der Waals surface area contributed by atoms with Crippen LogP contribution in [0.25, 0.3) is 0 Å². The zero-order chi connectivity index (χ0) is 21.9. The third kappa shape index (κ3) is 3.68. The summed E-state index contributed by atoms with van der Waals surface area (Å²) in [4.78, 5) is 11.1. The topological polar surface area (TPSA) is 41.1 Å². The number of alkyl halides is 1. The van der Waals surface area contributed by atoms with Crippen molar-refractivity contribution in [2.24, 2.45) is 17.3 Å². The van der Waals surface area contributed by atoms with Crippen LogP contribution in [0.1, 0.15) is 55.3 Å². The molecule has 2 aromatic rings. The van der Waals surface area contributed by atoms with Crippen LogP contribution in [0.2, 0.25) is 0 Å². The molecule has 4 aliphatic carbocycles. The fraction of sp³-hybridized carbons (Fsp3) is 0.600. The van der Waals surface area contributed by atoms with Crippen molar-refractivity contribution in [1.82, 2.24) is 14.9 Å². The number of aromatic nitrogens is 2. The van der Waals surface area contributed by atoms with Crippen LogP contribution in [-0.2, 0) is 19.5 Å². The SMILES string of the molecule is Fc1ccc(CN2CCc3c(ncnc3NCC34CC5CC(CC(F)(C5)C3)C4)C2)c(F)c1. The van der Waals surface area contributed by atoms with Crippen LogP contribution in [0.4, 0.5) is 19.0 Å². The summed E-state index contributed by atoms with van der Waals surface area (Å²) in [6.45, 7) is 2.56. The van der Waals surface area contributed by atoms with Crippen LogP contribution in [-0.4, -0.2) is 33.6 Å². The van der Waals surface area contributed by atoms with Crippen molar-refractivity contribution in [3.05, 3.63) is 53.0 Å². The molecule has 2 atom stereocenters. The first-order chi connectivity index (χ1) is 15.4. The Labute approximate surface area is 186 Å². The summed E-state index contributed by atoms with van der Waals surface area (Å²) in [5.74, 6) is 0.885. The monoisotopic (exact) mass is 442 g/mol. The molecule has 1 aromatic heterocycles. The molecule has 7 rings (SSSR count). The normalized spacial score (nSPS) is 33.3. The molecule has 0 saturated heterocycles. The molecule has 4 fully saturated rings. The minimum Gasteiger partial charge on any atom is -0.369 e. The highest BCUT2D eigenvalue weighted by atomic mass is 19.1. The molecule has 2 unspecified atom stereocenters. The van der Waals surface area contributed by atoms with Gasteiger partial charge >= 0.3 is 0 Å². The number of nitrogens with zero attached hydrogens (tertiary/aromatic N) is 3. The molecule has 4 saturated carbocycles. The van der Waals surface area contributed by atoms with Gasteiger partial charge in [-0.3, -0.25) is 4.90 Å². The second kappa shape index (κ2) is 7.44. The Hall–Kier alpha value is -2.15. The molecule has 1 aliphatic heterocycles. The summed E-state index contributed by atoms with van der Waals surface area (Å²) < 4.78 is 42.6.